The molecule has 0 aliphatic heterocycles. The van der Waals surface area contributed by atoms with Gasteiger partial charge in [0.05, 0.1) is 0 Å². The molecule has 1 fully saturated rings. The summed E-state index contributed by atoms with van der Waals surface area (Å²) < 4.78 is 0. The summed E-state index contributed by atoms with van der Waals surface area (Å²) in [4.78, 5) is 2.31. The van der Waals surface area contributed by atoms with Crippen molar-refractivity contribution >= 4 is 6.21 Å². The Hall–Kier alpha value is -0.370. The van der Waals surface area contributed by atoms with E-state index in [4.69, 9.17) is 5.41 Å². The lowest BCUT2D eigenvalue weighted by Crippen LogP contribution is -2.32. The third kappa shape index (κ3) is 2.29. The van der Waals surface area contributed by atoms with Crippen molar-refractivity contribution in [1.82, 2.24) is 4.90 Å². The highest BCUT2D eigenvalue weighted by Gasteiger charge is 2.20. The predicted octanol–water partition coefficient (Wildman–Crippen LogP) is 1.76. The van der Waals surface area contributed by atoms with Crippen molar-refractivity contribution in [2.75, 3.05) is 14.1 Å². The Morgan fingerprint density at radius 2 is 1.73 bits per heavy atom. The quantitative estimate of drug-likeness (QED) is 0.603. The van der Waals surface area contributed by atoms with Gasteiger partial charge in [-0.1, -0.05) is 0 Å². The standard InChI is InChI=1S/C9H18N2/c1-11(2)9-5-3-8(7-10)4-6-9/h7-10H,3-6H2,1-2H3. The molecule has 1 aliphatic rings. The van der Waals surface area contributed by atoms with Crippen molar-refractivity contribution in [1.29, 1.82) is 5.41 Å². The average Bonchev–Trinajstić information content (AvgIpc) is 2.05. The zero-order valence-corrected chi connectivity index (χ0v) is 7.51. The summed E-state index contributed by atoms with van der Waals surface area (Å²) in [6.07, 6.45) is 6.59. The maximum absolute atomic E-state index is 7.13. The minimum absolute atomic E-state index is 0.575. The molecule has 1 saturated carbocycles. The second kappa shape index (κ2) is 3.86. The van der Waals surface area contributed by atoms with E-state index in [0.717, 1.165) is 6.04 Å². The minimum atomic E-state index is 0.575. The Morgan fingerprint density at radius 3 is 2.09 bits per heavy atom. The maximum atomic E-state index is 7.13. The number of nitrogens with one attached hydrogen (secondary N) is 1. The molecule has 0 bridgehead atoms. The fraction of sp³-hybridized carbons (Fsp3) is 0.889. The van der Waals surface area contributed by atoms with Gasteiger partial charge in [-0.2, -0.15) is 0 Å². The van der Waals surface area contributed by atoms with Gasteiger partial charge in [0, 0.05) is 6.04 Å². The summed E-state index contributed by atoms with van der Waals surface area (Å²) in [6.45, 7) is 0. The van der Waals surface area contributed by atoms with E-state index in [9.17, 15) is 0 Å². The van der Waals surface area contributed by atoms with Crippen LogP contribution in [0.15, 0.2) is 0 Å². The van der Waals surface area contributed by atoms with E-state index in [1.807, 2.05) is 0 Å². The molecule has 0 atom stereocenters. The predicted molar refractivity (Wildman–Crippen MR) is 48.2 cm³/mol. The average molecular weight is 154 g/mol. The summed E-state index contributed by atoms with van der Waals surface area (Å²) >= 11 is 0. The second-order valence-electron chi connectivity index (χ2n) is 3.70. The van der Waals surface area contributed by atoms with Crippen LogP contribution in [0.1, 0.15) is 25.7 Å². The van der Waals surface area contributed by atoms with Crippen LogP contribution in [0.4, 0.5) is 0 Å². The van der Waals surface area contributed by atoms with Crippen LogP contribution >= 0.6 is 0 Å². The fourth-order valence-electron chi connectivity index (χ4n) is 1.78. The number of rotatable bonds is 2. The molecule has 0 aromatic heterocycles. The van der Waals surface area contributed by atoms with Crippen LogP contribution < -0.4 is 0 Å². The largest absolute Gasteiger partial charge is 0.313 e. The molecule has 0 spiro atoms. The van der Waals surface area contributed by atoms with Crippen molar-refractivity contribution < 1.29 is 0 Å². The highest BCUT2D eigenvalue weighted by Crippen LogP contribution is 2.24. The summed E-state index contributed by atoms with van der Waals surface area (Å²) in [5, 5.41) is 7.13. The van der Waals surface area contributed by atoms with Crippen LogP contribution in [-0.2, 0) is 0 Å². The summed E-state index contributed by atoms with van der Waals surface area (Å²) in [6, 6.07) is 0.770. The lowest BCUT2D eigenvalue weighted by atomic mass is 9.86. The Labute approximate surface area is 69.1 Å². The van der Waals surface area contributed by atoms with E-state index < -0.39 is 0 Å². The monoisotopic (exact) mass is 154 g/mol. The first-order valence-electron chi connectivity index (χ1n) is 4.41. The highest BCUT2D eigenvalue weighted by atomic mass is 15.1. The van der Waals surface area contributed by atoms with Crippen LogP contribution in [0, 0.1) is 11.3 Å². The van der Waals surface area contributed by atoms with Crippen molar-refractivity contribution in [3.05, 3.63) is 0 Å². The van der Waals surface area contributed by atoms with Gasteiger partial charge in [0.25, 0.3) is 0 Å². The molecule has 0 aromatic carbocycles. The molecule has 2 nitrogen and oxygen atoms in total. The zero-order chi connectivity index (χ0) is 8.27. The summed E-state index contributed by atoms with van der Waals surface area (Å²) in [7, 11) is 4.30. The molecule has 0 aromatic rings. The Kier molecular flexibility index (Phi) is 3.06. The van der Waals surface area contributed by atoms with E-state index in [1.54, 1.807) is 6.21 Å². The SMILES string of the molecule is CN(C)C1CCC(C=N)CC1. The topological polar surface area (TPSA) is 27.1 Å². The summed E-state index contributed by atoms with van der Waals surface area (Å²) in [5.41, 5.74) is 0. The van der Waals surface area contributed by atoms with Gasteiger partial charge in [-0.25, -0.2) is 0 Å². The van der Waals surface area contributed by atoms with Crippen molar-refractivity contribution in [2.24, 2.45) is 5.92 Å². The summed E-state index contributed by atoms with van der Waals surface area (Å²) in [5.74, 6) is 0.575. The molecule has 1 N–H and O–H groups in total. The Balaban J connectivity index is 2.29. The van der Waals surface area contributed by atoms with Gasteiger partial charge in [0.15, 0.2) is 0 Å². The molecule has 0 radical (unpaired) electrons. The molecule has 11 heavy (non-hydrogen) atoms. The smallest absolute Gasteiger partial charge is 0.00896 e. The lowest BCUT2D eigenvalue weighted by Gasteiger charge is -2.30. The van der Waals surface area contributed by atoms with Crippen LogP contribution in [0.3, 0.4) is 0 Å². The van der Waals surface area contributed by atoms with Gasteiger partial charge >= 0.3 is 0 Å². The molecular weight excluding hydrogens is 136 g/mol. The van der Waals surface area contributed by atoms with Gasteiger partial charge in [-0.05, 0) is 51.9 Å². The van der Waals surface area contributed by atoms with Gasteiger partial charge in [-0.15, -0.1) is 0 Å². The maximum Gasteiger partial charge on any atom is 0.00896 e. The normalized spacial score (nSPS) is 32.3. The third-order valence-electron chi connectivity index (χ3n) is 2.71. The van der Waals surface area contributed by atoms with Gasteiger partial charge in [0.1, 0.15) is 0 Å². The number of nitrogens with zero attached hydrogens (tertiary/aromatic N) is 1. The first-order chi connectivity index (χ1) is 5.24. The Bertz CT molecular complexity index is 124. The highest BCUT2D eigenvalue weighted by molar-refractivity contribution is 5.56. The molecule has 1 rings (SSSR count). The molecule has 0 saturated heterocycles. The lowest BCUT2D eigenvalue weighted by molar-refractivity contribution is 0.215. The van der Waals surface area contributed by atoms with E-state index in [2.05, 4.69) is 19.0 Å². The fourth-order valence-corrected chi connectivity index (χ4v) is 1.78. The first kappa shape index (κ1) is 8.72. The molecule has 1 aliphatic carbocycles. The molecule has 2 heteroatoms. The van der Waals surface area contributed by atoms with Crippen LogP contribution in [0.25, 0.3) is 0 Å². The van der Waals surface area contributed by atoms with Gasteiger partial charge < -0.3 is 10.3 Å². The van der Waals surface area contributed by atoms with Crippen LogP contribution in [0.2, 0.25) is 0 Å². The van der Waals surface area contributed by atoms with E-state index in [-0.39, 0.29) is 0 Å². The van der Waals surface area contributed by atoms with E-state index in [1.165, 1.54) is 25.7 Å². The van der Waals surface area contributed by atoms with Crippen LogP contribution in [-0.4, -0.2) is 31.3 Å². The van der Waals surface area contributed by atoms with Gasteiger partial charge in [-0.3, -0.25) is 0 Å². The van der Waals surface area contributed by atoms with Crippen LogP contribution in [0.5, 0.6) is 0 Å². The molecule has 0 amide bonds. The molecular formula is C9H18N2. The molecule has 0 unspecified atom stereocenters. The van der Waals surface area contributed by atoms with E-state index >= 15 is 0 Å². The van der Waals surface area contributed by atoms with Crippen molar-refractivity contribution in [3.63, 3.8) is 0 Å². The molecule has 64 valence electrons. The zero-order valence-electron chi connectivity index (χ0n) is 7.51. The Morgan fingerprint density at radius 1 is 1.18 bits per heavy atom. The second-order valence-corrected chi connectivity index (χ2v) is 3.70. The number of hydrogen-bond donors (Lipinski definition) is 1. The van der Waals surface area contributed by atoms with Crippen molar-refractivity contribution in [3.8, 4) is 0 Å². The van der Waals surface area contributed by atoms with Crippen molar-refractivity contribution in [2.45, 2.75) is 31.7 Å². The number of hydrogen-bond acceptors (Lipinski definition) is 2. The van der Waals surface area contributed by atoms with Gasteiger partial charge in [0.2, 0.25) is 0 Å². The molecule has 0 heterocycles. The third-order valence-corrected chi connectivity index (χ3v) is 2.71. The first-order valence-corrected chi connectivity index (χ1v) is 4.41. The minimum Gasteiger partial charge on any atom is -0.313 e. The van der Waals surface area contributed by atoms with E-state index in [0.29, 0.717) is 5.92 Å².